The van der Waals surface area contributed by atoms with Crippen molar-refractivity contribution < 1.29 is 0 Å². The average molecular weight is 187 g/mol. The summed E-state index contributed by atoms with van der Waals surface area (Å²) < 4.78 is 0. The predicted molar refractivity (Wildman–Crippen MR) is 62.5 cm³/mol. The minimum absolute atomic E-state index is 1.09. The number of nitrogens with zero attached hydrogens (tertiary/aromatic N) is 1. The molecule has 1 heteroatoms. The fourth-order valence-electron chi connectivity index (χ4n) is 1.61. The van der Waals surface area contributed by atoms with E-state index < -0.39 is 0 Å². The molecule has 0 atom stereocenters. The second-order valence-electron chi connectivity index (χ2n) is 3.38. The predicted octanol–water partition coefficient (Wildman–Crippen LogP) is 3.80. The zero-order valence-corrected chi connectivity index (χ0v) is 9.01. The Morgan fingerprint density at radius 3 is 2.93 bits per heavy atom. The maximum absolute atomic E-state index is 4.41. The molecule has 0 aromatic rings. The molecule has 0 unspecified atom stereocenters. The van der Waals surface area contributed by atoms with Crippen LogP contribution in [0.25, 0.3) is 0 Å². The molecule has 0 spiro atoms. The molecule has 1 fully saturated rings. The minimum atomic E-state index is 1.09. The molecule has 1 aliphatic rings. The summed E-state index contributed by atoms with van der Waals surface area (Å²) in [6, 6.07) is 0. The highest BCUT2D eigenvalue weighted by atomic mass is 14.7. The van der Waals surface area contributed by atoms with E-state index in [0.717, 1.165) is 12.8 Å². The van der Waals surface area contributed by atoms with Crippen molar-refractivity contribution >= 4 is 5.71 Å². The molecule has 0 amide bonds. The molecular weight excluding hydrogens is 170 g/mol. The molecule has 0 heterocycles. The average Bonchev–Trinajstić information content (AvgIpc) is 2.65. The first-order chi connectivity index (χ1) is 6.79. The van der Waals surface area contributed by atoms with Crippen LogP contribution in [0.1, 0.15) is 33.1 Å². The van der Waals surface area contributed by atoms with Gasteiger partial charge in [0.05, 0.1) is 6.20 Å². The van der Waals surface area contributed by atoms with Gasteiger partial charge in [-0.1, -0.05) is 12.7 Å². The van der Waals surface area contributed by atoms with Crippen molar-refractivity contribution in [2.45, 2.75) is 33.1 Å². The third-order valence-electron chi connectivity index (χ3n) is 2.43. The normalized spacial score (nSPS) is 21.7. The van der Waals surface area contributed by atoms with Gasteiger partial charge in [-0.15, -0.1) is 5.73 Å². The van der Waals surface area contributed by atoms with E-state index in [0.29, 0.717) is 0 Å². The third-order valence-corrected chi connectivity index (χ3v) is 2.43. The molecule has 0 saturated heterocycles. The van der Waals surface area contributed by atoms with E-state index in [1.807, 2.05) is 19.1 Å². The van der Waals surface area contributed by atoms with E-state index >= 15 is 0 Å². The molecule has 0 aromatic carbocycles. The van der Waals surface area contributed by atoms with Crippen LogP contribution in [0.15, 0.2) is 46.8 Å². The molecule has 1 aliphatic carbocycles. The van der Waals surface area contributed by atoms with Crippen LogP contribution >= 0.6 is 0 Å². The van der Waals surface area contributed by atoms with Crippen LogP contribution in [0.5, 0.6) is 0 Å². The van der Waals surface area contributed by atoms with Gasteiger partial charge in [0.2, 0.25) is 0 Å². The van der Waals surface area contributed by atoms with Crippen molar-refractivity contribution in [3.63, 3.8) is 0 Å². The molecule has 0 radical (unpaired) electrons. The molecule has 74 valence electrons. The fraction of sp³-hybridized carbons (Fsp3) is 0.385. The van der Waals surface area contributed by atoms with Crippen molar-refractivity contribution in [1.29, 1.82) is 0 Å². The van der Waals surface area contributed by atoms with Crippen molar-refractivity contribution in [3.8, 4) is 0 Å². The maximum atomic E-state index is 4.41. The number of hydrogen-bond donors (Lipinski definition) is 0. The minimum Gasteiger partial charge on any atom is -0.253 e. The molecule has 14 heavy (non-hydrogen) atoms. The van der Waals surface area contributed by atoms with Gasteiger partial charge in [0.1, 0.15) is 0 Å². The zero-order chi connectivity index (χ0) is 10.4. The van der Waals surface area contributed by atoms with Crippen molar-refractivity contribution in [1.82, 2.24) is 0 Å². The lowest BCUT2D eigenvalue weighted by Crippen LogP contribution is -1.94. The molecule has 1 rings (SSSR count). The van der Waals surface area contributed by atoms with Crippen LogP contribution < -0.4 is 0 Å². The summed E-state index contributed by atoms with van der Waals surface area (Å²) in [4.78, 5) is 4.41. The Labute approximate surface area is 86.2 Å². The summed E-state index contributed by atoms with van der Waals surface area (Å²) in [5, 5.41) is 0. The van der Waals surface area contributed by atoms with Gasteiger partial charge in [0, 0.05) is 5.71 Å². The summed E-state index contributed by atoms with van der Waals surface area (Å²) in [6.07, 6.45) is 8.96. The summed E-state index contributed by atoms with van der Waals surface area (Å²) in [7, 11) is 0. The van der Waals surface area contributed by atoms with Crippen LogP contribution in [0.4, 0.5) is 0 Å². The summed E-state index contributed by atoms with van der Waals surface area (Å²) in [6.45, 7) is 7.83. The lowest BCUT2D eigenvalue weighted by Gasteiger charge is -2.00. The highest BCUT2D eigenvalue weighted by Gasteiger charge is 2.15. The van der Waals surface area contributed by atoms with Crippen LogP contribution in [-0.4, -0.2) is 5.71 Å². The van der Waals surface area contributed by atoms with E-state index in [1.54, 1.807) is 6.20 Å². The van der Waals surface area contributed by atoms with Gasteiger partial charge in [-0.25, -0.2) is 0 Å². The first-order valence-electron chi connectivity index (χ1n) is 5.04. The van der Waals surface area contributed by atoms with Gasteiger partial charge in [-0.3, -0.25) is 4.99 Å². The number of allylic oxidation sites excluding steroid dienone is 4. The Bertz CT molecular complexity index is 336. The van der Waals surface area contributed by atoms with Gasteiger partial charge in [-0.2, -0.15) is 0 Å². The number of rotatable bonds is 2. The molecule has 1 nitrogen and oxygen atoms in total. The molecule has 0 aliphatic heterocycles. The fourth-order valence-corrected chi connectivity index (χ4v) is 1.61. The number of aliphatic imine (C=N–C) groups is 1. The second kappa shape index (κ2) is 5.41. The quantitative estimate of drug-likeness (QED) is 0.583. The summed E-state index contributed by atoms with van der Waals surface area (Å²) in [5.41, 5.74) is 6.80. The Balaban J connectivity index is 2.94. The van der Waals surface area contributed by atoms with Crippen LogP contribution in [-0.2, 0) is 0 Å². The summed E-state index contributed by atoms with van der Waals surface area (Å²) >= 11 is 0. The molecular formula is C13H17N. The van der Waals surface area contributed by atoms with Gasteiger partial charge in [0.15, 0.2) is 0 Å². The summed E-state index contributed by atoms with van der Waals surface area (Å²) in [5.74, 6) is 0. The molecule has 0 N–H and O–H groups in total. The lowest BCUT2D eigenvalue weighted by molar-refractivity contribution is 0.942. The lowest BCUT2D eigenvalue weighted by atomic mass is 10.1. The molecule has 0 bridgehead atoms. The monoisotopic (exact) mass is 187 g/mol. The SMILES string of the molecule is C=C/C(C)=C1\CCCC1=NC=C=CC. The molecule has 0 aromatic heterocycles. The Morgan fingerprint density at radius 1 is 1.50 bits per heavy atom. The van der Waals surface area contributed by atoms with Gasteiger partial charge in [-0.05, 0) is 50.3 Å². The van der Waals surface area contributed by atoms with Crippen LogP contribution in [0, 0.1) is 0 Å². The van der Waals surface area contributed by atoms with Crippen molar-refractivity contribution in [2.24, 2.45) is 4.99 Å². The first kappa shape index (κ1) is 10.7. The third kappa shape index (κ3) is 2.58. The van der Waals surface area contributed by atoms with Crippen molar-refractivity contribution in [2.75, 3.05) is 0 Å². The van der Waals surface area contributed by atoms with E-state index in [9.17, 15) is 0 Å². The van der Waals surface area contributed by atoms with Gasteiger partial charge < -0.3 is 0 Å². The van der Waals surface area contributed by atoms with Crippen LogP contribution in [0.2, 0.25) is 0 Å². The highest BCUT2D eigenvalue weighted by Crippen LogP contribution is 2.25. The van der Waals surface area contributed by atoms with E-state index in [2.05, 4.69) is 24.2 Å². The number of hydrogen-bond acceptors (Lipinski definition) is 1. The Hall–Kier alpha value is -1.33. The molecule has 1 saturated carbocycles. The Morgan fingerprint density at radius 2 is 2.29 bits per heavy atom. The van der Waals surface area contributed by atoms with E-state index in [-0.39, 0.29) is 0 Å². The highest BCUT2D eigenvalue weighted by molar-refractivity contribution is 6.03. The van der Waals surface area contributed by atoms with Gasteiger partial charge in [0.25, 0.3) is 0 Å². The second-order valence-corrected chi connectivity index (χ2v) is 3.38. The zero-order valence-electron chi connectivity index (χ0n) is 9.01. The van der Waals surface area contributed by atoms with Gasteiger partial charge >= 0.3 is 0 Å². The largest absolute Gasteiger partial charge is 0.253 e. The Kier molecular flexibility index (Phi) is 4.15. The topological polar surface area (TPSA) is 12.4 Å². The standard InChI is InChI=1S/C13H17N/c1-4-6-10-14-13-9-7-8-12(13)11(3)5-2/h4-5,10H,2,7-9H2,1,3H3/b12-11+,14-13?. The maximum Gasteiger partial charge on any atom is 0.0686 e. The van der Waals surface area contributed by atoms with E-state index in [4.69, 9.17) is 0 Å². The van der Waals surface area contributed by atoms with Crippen LogP contribution in [0.3, 0.4) is 0 Å². The van der Waals surface area contributed by atoms with E-state index in [1.165, 1.54) is 23.3 Å². The smallest absolute Gasteiger partial charge is 0.0686 e. The van der Waals surface area contributed by atoms with Crippen molar-refractivity contribution in [3.05, 3.63) is 41.8 Å². The first-order valence-corrected chi connectivity index (χ1v) is 5.04.